The number of anilines is 2. The summed E-state index contributed by atoms with van der Waals surface area (Å²) in [7, 11) is 0. The van der Waals surface area contributed by atoms with Crippen LogP contribution in [-0.2, 0) is 12.4 Å². The fraction of sp³-hybridized carbons (Fsp3) is 0.368. The Kier molecular flexibility index (Phi) is 13.9. The first-order valence-corrected chi connectivity index (χ1v) is 17.2. The largest absolute Gasteiger partial charge is 0.416 e. The number of halogens is 7. The molecule has 0 spiro atoms. The number of aryl methyl sites for hydroxylation is 2. The molecule has 2 heterocycles. The lowest BCUT2D eigenvalue weighted by Crippen LogP contribution is -2.17. The number of hydrogen-bond acceptors (Lipinski definition) is 6. The minimum absolute atomic E-state index is 0.390. The van der Waals surface area contributed by atoms with Crippen LogP contribution in [-0.4, -0.2) is 32.0 Å². The molecule has 2 aromatic heterocycles. The minimum Gasteiger partial charge on any atom is -0.366 e. The molecule has 2 saturated carbocycles. The first kappa shape index (κ1) is 39.2. The van der Waals surface area contributed by atoms with Gasteiger partial charge in [0.2, 0.25) is 0 Å². The zero-order valence-electron chi connectivity index (χ0n) is 28.1. The monoisotopic (exact) mass is 770 g/mol. The van der Waals surface area contributed by atoms with Crippen molar-refractivity contribution in [3.8, 4) is 24.2 Å². The zero-order chi connectivity index (χ0) is 37.0. The third-order valence-electron chi connectivity index (χ3n) is 8.10. The van der Waals surface area contributed by atoms with Crippen molar-refractivity contribution in [3.05, 3.63) is 105 Å². The predicted octanol–water partition coefficient (Wildman–Crippen LogP) is 10.1. The summed E-state index contributed by atoms with van der Waals surface area (Å²) in [6.45, 7) is 3.72. The summed E-state index contributed by atoms with van der Waals surface area (Å²) < 4.78 is 74.7. The maximum Gasteiger partial charge on any atom is 0.416 e. The van der Waals surface area contributed by atoms with Crippen molar-refractivity contribution in [2.24, 2.45) is 0 Å². The Balaban J connectivity index is 0.000000189. The van der Waals surface area contributed by atoms with Crippen molar-refractivity contribution in [3.63, 3.8) is 0 Å². The van der Waals surface area contributed by atoms with E-state index in [9.17, 15) is 26.3 Å². The molecule has 13 heteroatoms. The highest BCUT2D eigenvalue weighted by Gasteiger charge is 2.30. The molecule has 51 heavy (non-hydrogen) atoms. The Hall–Kier alpha value is -4.62. The molecule has 0 aliphatic heterocycles. The molecule has 0 amide bonds. The predicted molar refractivity (Wildman–Crippen MR) is 190 cm³/mol. The van der Waals surface area contributed by atoms with Gasteiger partial charge in [0.25, 0.3) is 0 Å². The van der Waals surface area contributed by atoms with Gasteiger partial charge in [-0.3, -0.25) is 0 Å². The molecule has 2 fully saturated rings. The van der Waals surface area contributed by atoms with Crippen LogP contribution in [0.4, 0.5) is 38.0 Å². The first-order valence-electron chi connectivity index (χ1n) is 16.4. The molecule has 2 aromatic carbocycles. The second-order valence-electron chi connectivity index (χ2n) is 12.1. The quantitative estimate of drug-likeness (QED) is 0.159. The summed E-state index contributed by atoms with van der Waals surface area (Å²) in [5.41, 5.74) is 0.252. The van der Waals surface area contributed by atoms with E-state index in [1.54, 1.807) is 12.4 Å². The molecule has 2 aliphatic carbocycles. The van der Waals surface area contributed by atoms with Crippen molar-refractivity contribution in [2.45, 2.75) is 89.7 Å². The minimum atomic E-state index is -4.34. The van der Waals surface area contributed by atoms with E-state index < -0.39 is 23.5 Å². The Bertz CT molecular complexity index is 1830. The van der Waals surface area contributed by atoms with Crippen LogP contribution in [0.5, 0.6) is 0 Å². The van der Waals surface area contributed by atoms with Gasteiger partial charge in [-0.25, -0.2) is 19.9 Å². The Labute approximate surface area is 302 Å². The van der Waals surface area contributed by atoms with Gasteiger partial charge in [-0.15, -0.1) is 6.42 Å². The Morgan fingerprint density at radius 3 is 1.55 bits per heavy atom. The van der Waals surface area contributed by atoms with Crippen LogP contribution in [0.15, 0.2) is 65.4 Å². The van der Waals surface area contributed by atoms with Crippen LogP contribution >= 0.6 is 15.9 Å². The molecule has 0 bridgehead atoms. The molecule has 4 aromatic rings. The number of hydrogen-bond donors (Lipinski definition) is 2. The summed E-state index contributed by atoms with van der Waals surface area (Å²) in [5.74, 6) is 11.2. The lowest BCUT2D eigenvalue weighted by molar-refractivity contribution is -0.138. The lowest BCUT2D eigenvalue weighted by atomic mass is 10.1. The first-order chi connectivity index (χ1) is 24.2. The average Bonchev–Trinajstić information content (AvgIpc) is 3.81. The molecular formula is C38H37BrF6N6. The van der Waals surface area contributed by atoms with Crippen molar-refractivity contribution in [1.29, 1.82) is 0 Å². The van der Waals surface area contributed by atoms with Crippen molar-refractivity contribution < 1.29 is 26.3 Å². The third kappa shape index (κ3) is 12.6. The number of nitrogens with zero attached hydrogens (tertiary/aromatic N) is 4. The van der Waals surface area contributed by atoms with Crippen molar-refractivity contribution in [1.82, 2.24) is 19.9 Å². The third-order valence-corrected chi connectivity index (χ3v) is 8.68. The summed E-state index contributed by atoms with van der Waals surface area (Å²) in [4.78, 5) is 17.1. The summed E-state index contributed by atoms with van der Waals surface area (Å²) in [5, 5.41) is 6.87. The van der Waals surface area contributed by atoms with Crippen LogP contribution in [0.25, 0.3) is 0 Å². The summed E-state index contributed by atoms with van der Waals surface area (Å²) >= 11 is 3.45. The number of rotatable bonds is 4. The molecule has 2 N–H and O–H groups in total. The fourth-order valence-corrected chi connectivity index (χ4v) is 5.70. The van der Waals surface area contributed by atoms with Crippen LogP contribution < -0.4 is 10.6 Å². The maximum absolute atomic E-state index is 12.6. The molecular weight excluding hydrogens is 734 g/mol. The van der Waals surface area contributed by atoms with Gasteiger partial charge >= 0.3 is 12.4 Å². The molecule has 0 saturated heterocycles. The zero-order valence-corrected chi connectivity index (χ0v) is 29.7. The summed E-state index contributed by atoms with van der Waals surface area (Å²) in [6.07, 6.45) is 9.61. The van der Waals surface area contributed by atoms with E-state index in [1.165, 1.54) is 62.8 Å². The van der Waals surface area contributed by atoms with Crippen LogP contribution in [0.2, 0.25) is 0 Å². The molecule has 2 aliphatic rings. The normalized spacial score (nSPS) is 14.6. The fourth-order valence-electron chi connectivity index (χ4n) is 5.39. The van der Waals surface area contributed by atoms with Crippen LogP contribution in [0.1, 0.15) is 90.8 Å². The smallest absolute Gasteiger partial charge is 0.366 e. The van der Waals surface area contributed by atoms with E-state index >= 15 is 0 Å². The van der Waals surface area contributed by atoms with Gasteiger partial charge in [0, 0.05) is 35.6 Å². The molecule has 6 nitrogen and oxygen atoms in total. The van der Waals surface area contributed by atoms with Crippen molar-refractivity contribution in [2.75, 3.05) is 10.6 Å². The van der Waals surface area contributed by atoms with E-state index in [-0.39, 0.29) is 0 Å². The highest BCUT2D eigenvalue weighted by Crippen LogP contribution is 2.30. The SMILES string of the molecule is C#Cc1ccc(C(F)(F)F)cc1.Cc1ncc(Br)c(NC2CCCC2)n1.Cc1ncc(C#Cc2ccc(C(F)(F)F)cc2)c(NC2CCCC2)n1. The maximum atomic E-state index is 12.6. The molecule has 0 radical (unpaired) electrons. The van der Waals surface area contributed by atoms with Crippen molar-refractivity contribution >= 4 is 27.6 Å². The number of alkyl halides is 6. The Morgan fingerprint density at radius 2 is 1.08 bits per heavy atom. The second-order valence-corrected chi connectivity index (χ2v) is 12.9. The second kappa shape index (κ2) is 18.0. The van der Waals surface area contributed by atoms with E-state index in [4.69, 9.17) is 6.42 Å². The topological polar surface area (TPSA) is 75.6 Å². The standard InChI is InChI=1S/C19H18F3N3.C10H14BrN3.C9H5F3/c1-13-23-12-15(18(24-13)25-17-4-2-3-5-17)9-6-14-7-10-16(11-8-14)19(20,21)22;1-7-12-6-9(11)10(13-7)14-8-4-2-3-5-8;1-2-7-3-5-8(6-4-7)9(10,11)12/h7-8,10-12,17H,2-5H2,1H3,(H,23,24,25);6,8H,2-5H2,1H3,(H,12,13,14);1,3-6H. The number of terminal acetylenes is 1. The lowest BCUT2D eigenvalue weighted by Gasteiger charge is -2.14. The van der Waals surface area contributed by atoms with E-state index in [1.807, 2.05) is 13.8 Å². The van der Waals surface area contributed by atoms with E-state index in [2.05, 4.69) is 64.3 Å². The Morgan fingerprint density at radius 1 is 0.647 bits per heavy atom. The number of nitrogens with one attached hydrogen (secondary N) is 2. The van der Waals surface area contributed by atoms with Crippen LogP contribution in [0, 0.1) is 38.0 Å². The van der Waals surface area contributed by atoms with E-state index in [0.717, 1.165) is 53.2 Å². The van der Waals surface area contributed by atoms with Gasteiger partial charge in [-0.2, -0.15) is 26.3 Å². The molecule has 0 atom stereocenters. The summed E-state index contributed by atoms with van der Waals surface area (Å²) in [6, 6.07) is 10.3. The van der Waals surface area contributed by atoms with Gasteiger partial charge in [0.05, 0.1) is 21.2 Å². The molecule has 6 rings (SSSR count). The van der Waals surface area contributed by atoms with Gasteiger partial charge in [-0.1, -0.05) is 43.4 Å². The highest BCUT2D eigenvalue weighted by molar-refractivity contribution is 9.10. The highest BCUT2D eigenvalue weighted by atomic mass is 79.9. The van der Waals surface area contributed by atoms with Gasteiger partial charge < -0.3 is 10.6 Å². The van der Waals surface area contributed by atoms with E-state index in [0.29, 0.717) is 40.4 Å². The number of aromatic nitrogens is 4. The molecule has 0 unspecified atom stereocenters. The average molecular weight is 772 g/mol. The van der Waals surface area contributed by atoms with Crippen LogP contribution in [0.3, 0.4) is 0 Å². The number of benzene rings is 2. The van der Waals surface area contributed by atoms with Gasteiger partial charge in [0.15, 0.2) is 0 Å². The van der Waals surface area contributed by atoms with Gasteiger partial charge in [-0.05, 0) is 104 Å². The molecule has 268 valence electrons. The van der Waals surface area contributed by atoms with Gasteiger partial charge in [0.1, 0.15) is 23.3 Å².